The number of rotatable bonds is 7. The number of nitrogens with one attached hydrogen (secondary N) is 1. The molecule has 0 atom stereocenters. The topological polar surface area (TPSA) is 88.8 Å². The molecule has 0 unspecified atom stereocenters. The van der Waals surface area contributed by atoms with E-state index in [2.05, 4.69) is 51.6 Å². The zero-order chi connectivity index (χ0) is 16.9. The summed E-state index contributed by atoms with van der Waals surface area (Å²) in [4.78, 5) is 9.21. The van der Waals surface area contributed by atoms with Crippen LogP contribution in [0.25, 0.3) is 11.2 Å². The molecule has 0 aliphatic rings. The molecule has 0 saturated carbocycles. The summed E-state index contributed by atoms with van der Waals surface area (Å²) in [6, 6.07) is 10.1. The largest absolute Gasteiger partial charge is 0.395 e. The van der Waals surface area contributed by atoms with E-state index in [0.717, 1.165) is 17.8 Å². The summed E-state index contributed by atoms with van der Waals surface area (Å²) >= 11 is 0. The number of aliphatic hydroxyl groups is 1. The summed E-state index contributed by atoms with van der Waals surface area (Å²) in [6.45, 7) is 5.32. The van der Waals surface area contributed by atoms with E-state index in [4.69, 9.17) is 5.11 Å². The first-order valence-electron chi connectivity index (χ1n) is 8.16. The monoisotopic (exact) mass is 326 g/mol. The lowest BCUT2D eigenvalue weighted by molar-refractivity contribution is 0.311. The summed E-state index contributed by atoms with van der Waals surface area (Å²) in [6.07, 6.45) is 0.778. The van der Waals surface area contributed by atoms with E-state index in [-0.39, 0.29) is 6.61 Å². The number of hydrogen-bond donors (Lipinski definition) is 2. The molecule has 0 aliphatic carbocycles. The maximum Gasteiger partial charge on any atom is 0.184 e. The molecule has 2 aromatic heterocycles. The van der Waals surface area contributed by atoms with Gasteiger partial charge in [0.15, 0.2) is 17.0 Å². The van der Waals surface area contributed by atoms with Crippen LogP contribution < -0.4 is 5.32 Å². The lowest BCUT2D eigenvalue weighted by atomic mass is 10.1. The molecule has 2 heterocycles. The van der Waals surface area contributed by atoms with Crippen molar-refractivity contribution in [3.63, 3.8) is 0 Å². The van der Waals surface area contributed by atoms with Crippen molar-refractivity contribution >= 4 is 17.0 Å². The fourth-order valence-corrected chi connectivity index (χ4v) is 2.52. The van der Waals surface area contributed by atoms with E-state index in [1.807, 2.05) is 18.2 Å². The van der Waals surface area contributed by atoms with Gasteiger partial charge in [-0.25, -0.2) is 14.6 Å². The van der Waals surface area contributed by atoms with Gasteiger partial charge in [0.1, 0.15) is 5.82 Å². The van der Waals surface area contributed by atoms with Gasteiger partial charge in [-0.2, -0.15) is 0 Å². The third-order valence-electron chi connectivity index (χ3n) is 3.58. The molecule has 3 aromatic rings. The molecule has 2 N–H and O–H groups in total. The Hall–Kier alpha value is -2.54. The number of aromatic nitrogens is 5. The molecule has 0 bridgehead atoms. The van der Waals surface area contributed by atoms with Crippen molar-refractivity contribution in [3.05, 3.63) is 41.7 Å². The van der Waals surface area contributed by atoms with Gasteiger partial charge in [0.25, 0.3) is 0 Å². The van der Waals surface area contributed by atoms with E-state index in [9.17, 15) is 0 Å². The summed E-state index contributed by atoms with van der Waals surface area (Å²) in [5.41, 5.74) is 2.48. The van der Waals surface area contributed by atoms with Crippen LogP contribution in [-0.4, -0.2) is 43.2 Å². The summed E-state index contributed by atoms with van der Waals surface area (Å²) in [7, 11) is 0. The van der Waals surface area contributed by atoms with Crippen molar-refractivity contribution in [3.8, 4) is 0 Å². The Morgan fingerprint density at radius 3 is 2.67 bits per heavy atom. The second kappa shape index (κ2) is 7.35. The van der Waals surface area contributed by atoms with Gasteiger partial charge in [-0.1, -0.05) is 49.4 Å². The molecule has 24 heavy (non-hydrogen) atoms. The SMILES string of the molecule is CC(C)Cc1nc(NCCO)c2nnn(Cc3ccccc3)c2n1. The Kier molecular flexibility index (Phi) is 5.00. The quantitative estimate of drug-likeness (QED) is 0.689. The van der Waals surface area contributed by atoms with Crippen LogP contribution in [0.4, 0.5) is 5.82 Å². The highest BCUT2D eigenvalue weighted by molar-refractivity contribution is 5.82. The van der Waals surface area contributed by atoms with Crippen LogP contribution in [0.2, 0.25) is 0 Å². The predicted octanol–water partition coefficient (Wildman–Crippen LogP) is 1.87. The molecule has 7 nitrogen and oxygen atoms in total. The zero-order valence-corrected chi connectivity index (χ0v) is 14.0. The number of aliphatic hydroxyl groups excluding tert-OH is 1. The third kappa shape index (κ3) is 3.68. The fourth-order valence-electron chi connectivity index (χ4n) is 2.52. The van der Waals surface area contributed by atoms with Gasteiger partial charge in [-0.15, -0.1) is 5.10 Å². The lowest BCUT2D eigenvalue weighted by Gasteiger charge is -2.09. The van der Waals surface area contributed by atoms with E-state index < -0.39 is 0 Å². The van der Waals surface area contributed by atoms with Gasteiger partial charge < -0.3 is 10.4 Å². The minimum atomic E-state index is 0.0309. The molecule has 0 amide bonds. The lowest BCUT2D eigenvalue weighted by Crippen LogP contribution is -2.11. The Balaban J connectivity index is 2.01. The first kappa shape index (κ1) is 16.3. The van der Waals surface area contributed by atoms with Crippen molar-refractivity contribution < 1.29 is 5.11 Å². The first-order chi connectivity index (χ1) is 11.7. The highest BCUT2D eigenvalue weighted by atomic mass is 16.3. The molecule has 126 valence electrons. The normalized spacial score (nSPS) is 11.3. The minimum Gasteiger partial charge on any atom is -0.395 e. The van der Waals surface area contributed by atoms with Crippen molar-refractivity contribution in [2.24, 2.45) is 5.92 Å². The van der Waals surface area contributed by atoms with E-state index in [0.29, 0.717) is 36.0 Å². The van der Waals surface area contributed by atoms with Crippen LogP contribution in [-0.2, 0) is 13.0 Å². The van der Waals surface area contributed by atoms with Gasteiger partial charge in [-0.05, 0) is 11.5 Å². The minimum absolute atomic E-state index is 0.0309. The molecule has 3 rings (SSSR count). The molecular formula is C17H22N6O. The van der Waals surface area contributed by atoms with Crippen molar-refractivity contribution in [1.82, 2.24) is 25.0 Å². The zero-order valence-electron chi connectivity index (χ0n) is 14.0. The van der Waals surface area contributed by atoms with Crippen molar-refractivity contribution in [2.75, 3.05) is 18.5 Å². The highest BCUT2D eigenvalue weighted by Crippen LogP contribution is 2.19. The molecule has 1 aromatic carbocycles. The Morgan fingerprint density at radius 2 is 1.96 bits per heavy atom. The molecule has 0 radical (unpaired) electrons. The third-order valence-corrected chi connectivity index (χ3v) is 3.58. The Morgan fingerprint density at radius 1 is 1.17 bits per heavy atom. The average Bonchev–Trinajstić information content (AvgIpc) is 2.96. The number of anilines is 1. The van der Waals surface area contributed by atoms with E-state index in [1.165, 1.54) is 0 Å². The van der Waals surface area contributed by atoms with Gasteiger partial charge in [0.2, 0.25) is 0 Å². The second-order valence-electron chi connectivity index (χ2n) is 6.14. The summed E-state index contributed by atoms with van der Waals surface area (Å²) in [5.74, 6) is 1.84. The molecule has 0 aliphatic heterocycles. The van der Waals surface area contributed by atoms with Crippen molar-refractivity contribution in [1.29, 1.82) is 0 Å². The van der Waals surface area contributed by atoms with Gasteiger partial charge in [0.05, 0.1) is 13.2 Å². The van der Waals surface area contributed by atoms with Crippen molar-refractivity contribution in [2.45, 2.75) is 26.8 Å². The number of nitrogens with zero attached hydrogens (tertiary/aromatic N) is 5. The van der Waals surface area contributed by atoms with Crippen LogP contribution >= 0.6 is 0 Å². The summed E-state index contributed by atoms with van der Waals surface area (Å²) in [5, 5.41) is 20.7. The van der Waals surface area contributed by atoms with E-state index >= 15 is 0 Å². The summed E-state index contributed by atoms with van der Waals surface area (Å²) < 4.78 is 1.79. The average molecular weight is 326 g/mol. The van der Waals surface area contributed by atoms with E-state index in [1.54, 1.807) is 4.68 Å². The number of benzene rings is 1. The molecule has 0 fully saturated rings. The van der Waals surface area contributed by atoms with Gasteiger partial charge >= 0.3 is 0 Å². The van der Waals surface area contributed by atoms with Gasteiger partial charge in [-0.3, -0.25) is 0 Å². The van der Waals surface area contributed by atoms with Crippen LogP contribution in [0.3, 0.4) is 0 Å². The highest BCUT2D eigenvalue weighted by Gasteiger charge is 2.15. The molecular weight excluding hydrogens is 304 g/mol. The second-order valence-corrected chi connectivity index (χ2v) is 6.14. The van der Waals surface area contributed by atoms with Crippen LogP contribution in [0.1, 0.15) is 25.2 Å². The fraction of sp³-hybridized carbons (Fsp3) is 0.412. The smallest absolute Gasteiger partial charge is 0.184 e. The Bertz CT molecular complexity index is 799. The number of fused-ring (bicyclic) bond motifs is 1. The maximum absolute atomic E-state index is 9.07. The Labute approximate surface area is 140 Å². The standard InChI is InChI=1S/C17H22N6O/c1-12(2)10-14-19-16(18-8-9-24)15-17(20-14)23(22-21-15)11-13-6-4-3-5-7-13/h3-7,12,24H,8-11H2,1-2H3,(H,18,19,20). The molecule has 7 heteroatoms. The first-order valence-corrected chi connectivity index (χ1v) is 8.16. The maximum atomic E-state index is 9.07. The molecule has 0 spiro atoms. The van der Waals surface area contributed by atoms with Crippen LogP contribution in [0.15, 0.2) is 30.3 Å². The van der Waals surface area contributed by atoms with Crippen LogP contribution in [0, 0.1) is 5.92 Å². The number of hydrogen-bond acceptors (Lipinski definition) is 6. The predicted molar refractivity (Wildman–Crippen MR) is 92.8 cm³/mol. The van der Waals surface area contributed by atoms with Gasteiger partial charge in [0, 0.05) is 13.0 Å². The van der Waals surface area contributed by atoms with Crippen LogP contribution in [0.5, 0.6) is 0 Å². The molecule has 0 saturated heterocycles.